The fourth-order valence-corrected chi connectivity index (χ4v) is 5.28. The zero-order chi connectivity index (χ0) is 40.5. The third kappa shape index (κ3) is 38.7. The minimum absolute atomic E-state index is 0.104. The van der Waals surface area contributed by atoms with E-state index < -0.39 is 51.8 Å². The number of aliphatic hydroxyl groups is 2. The first-order chi connectivity index (χ1) is 26.7. The van der Waals surface area contributed by atoms with E-state index in [9.17, 15) is 24.2 Å². The number of ether oxygens (including phenoxy) is 2. The standard InChI is InChI=1S/C44H69O10P/c1-3-5-7-9-11-13-15-17-18-19-20-21-22-24-25-27-29-31-33-35-43(47)51-39-42(40-53-55(49,50)52-38-41(46)37-45)54-44(48)36-34-32-30-28-26-23-16-14-12-10-8-6-4-2/h5-8,10-14,16-18,20-21,24-25,29,31,41-42,45-46H,3-4,9,15,19,22-23,26-28,30,32-40H2,1-2H3,(H,49,50)/b7-5+,8-6+,12-10+,13-11+,16-14+,18-17+,21-20+,25-24+,31-29+/t41-,42?/m1/s1. The SMILES string of the molecule is CC/C=C/C=C/C=C/CCCCCCCC(=O)OC(COC(=O)CC/C=C/C/C=C/C/C=C/C/C=C/C/C=C/C/C=C/CC)COP(=O)(O)OC[C@H](O)CO. The van der Waals surface area contributed by atoms with Crippen molar-refractivity contribution in [1.82, 2.24) is 0 Å². The quantitative estimate of drug-likeness (QED) is 0.0186. The highest BCUT2D eigenvalue weighted by molar-refractivity contribution is 7.47. The summed E-state index contributed by atoms with van der Waals surface area (Å²) in [4.78, 5) is 34.8. The second-order valence-corrected chi connectivity index (χ2v) is 14.1. The van der Waals surface area contributed by atoms with Crippen LogP contribution in [0.15, 0.2) is 109 Å². The summed E-state index contributed by atoms with van der Waals surface area (Å²) in [5.41, 5.74) is 0. The Balaban J connectivity index is 4.51. The third-order valence-electron chi connectivity index (χ3n) is 7.50. The van der Waals surface area contributed by atoms with Gasteiger partial charge in [0.1, 0.15) is 12.7 Å². The molecule has 0 bridgehead atoms. The number of phosphoric ester groups is 1. The van der Waals surface area contributed by atoms with E-state index in [-0.39, 0.29) is 19.4 Å². The lowest BCUT2D eigenvalue weighted by molar-refractivity contribution is -0.161. The van der Waals surface area contributed by atoms with Crippen molar-refractivity contribution in [3.05, 3.63) is 109 Å². The van der Waals surface area contributed by atoms with Gasteiger partial charge >= 0.3 is 19.8 Å². The first kappa shape index (κ1) is 51.6. The molecule has 0 rings (SSSR count). The van der Waals surface area contributed by atoms with Crippen LogP contribution in [-0.2, 0) is 32.7 Å². The summed E-state index contributed by atoms with van der Waals surface area (Å²) >= 11 is 0. The van der Waals surface area contributed by atoms with E-state index in [1.807, 2.05) is 36.5 Å². The summed E-state index contributed by atoms with van der Waals surface area (Å²) in [5, 5.41) is 18.3. The summed E-state index contributed by atoms with van der Waals surface area (Å²) in [6.45, 7) is 1.98. The van der Waals surface area contributed by atoms with Crippen LogP contribution in [0.5, 0.6) is 0 Å². The number of hydrogen-bond acceptors (Lipinski definition) is 9. The second kappa shape index (κ2) is 38.9. The molecule has 0 saturated carbocycles. The molecule has 3 atom stereocenters. The van der Waals surface area contributed by atoms with Crippen LogP contribution in [0.4, 0.5) is 0 Å². The molecule has 0 aromatic carbocycles. The largest absolute Gasteiger partial charge is 0.472 e. The highest BCUT2D eigenvalue weighted by Gasteiger charge is 2.27. The van der Waals surface area contributed by atoms with E-state index in [1.54, 1.807) is 0 Å². The van der Waals surface area contributed by atoms with Crippen LogP contribution in [-0.4, -0.2) is 65.7 Å². The molecular formula is C44H69O10P. The Labute approximate surface area is 331 Å². The Bertz CT molecular complexity index is 1270. The maximum atomic E-state index is 12.6. The Hall–Kier alpha value is -3.37. The van der Waals surface area contributed by atoms with Crippen molar-refractivity contribution in [3.63, 3.8) is 0 Å². The van der Waals surface area contributed by atoms with Crippen LogP contribution in [0.1, 0.15) is 117 Å². The molecule has 55 heavy (non-hydrogen) atoms. The zero-order valence-corrected chi connectivity index (χ0v) is 34.2. The van der Waals surface area contributed by atoms with Gasteiger partial charge in [0, 0.05) is 12.8 Å². The first-order valence-corrected chi connectivity index (χ1v) is 21.4. The monoisotopic (exact) mass is 788 g/mol. The molecule has 2 unspecified atom stereocenters. The summed E-state index contributed by atoms with van der Waals surface area (Å²) < 4.78 is 32.5. The van der Waals surface area contributed by atoms with Crippen molar-refractivity contribution in [1.29, 1.82) is 0 Å². The number of rotatable bonds is 35. The molecule has 0 aromatic heterocycles. The lowest BCUT2D eigenvalue weighted by Gasteiger charge is -2.20. The number of unbranched alkanes of at least 4 members (excludes halogenated alkanes) is 5. The summed E-state index contributed by atoms with van der Waals surface area (Å²) in [7, 11) is -4.64. The van der Waals surface area contributed by atoms with Crippen molar-refractivity contribution in [3.8, 4) is 0 Å². The van der Waals surface area contributed by atoms with Crippen molar-refractivity contribution in [2.75, 3.05) is 26.4 Å². The topological polar surface area (TPSA) is 149 Å². The first-order valence-electron chi connectivity index (χ1n) is 19.9. The zero-order valence-electron chi connectivity index (χ0n) is 33.3. The minimum Gasteiger partial charge on any atom is -0.462 e. The normalized spacial score (nSPS) is 15.1. The maximum Gasteiger partial charge on any atom is 0.472 e. The highest BCUT2D eigenvalue weighted by atomic mass is 31.2. The fraction of sp³-hybridized carbons (Fsp3) is 0.545. The van der Waals surface area contributed by atoms with Gasteiger partial charge in [-0.2, -0.15) is 0 Å². The Kier molecular flexibility index (Phi) is 36.5. The number of carbonyl (C=O) groups excluding carboxylic acids is 2. The molecule has 0 aliphatic rings. The Morgan fingerprint density at radius 1 is 0.564 bits per heavy atom. The van der Waals surface area contributed by atoms with Crippen LogP contribution in [0.3, 0.4) is 0 Å². The van der Waals surface area contributed by atoms with E-state index in [0.717, 1.165) is 77.0 Å². The van der Waals surface area contributed by atoms with E-state index in [4.69, 9.17) is 19.1 Å². The second-order valence-electron chi connectivity index (χ2n) is 12.6. The van der Waals surface area contributed by atoms with E-state index in [0.29, 0.717) is 12.8 Å². The number of aliphatic hydroxyl groups excluding tert-OH is 2. The van der Waals surface area contributed by atoms with Crippen LogP contribution in [0.25, 0.3) is 0 Å². The summed E-state index contributed by atoms with van der Waals surface area (Å²) in [6, 6.07) is 0. The fourth-order valence-electron chi connectivity index (χ4n) is 4.49. The van der Waals surface area contributed by atoms with Crippen molar-refractivity contribution >= 4 is 19.8 Å². The van der Waals surface area contributed by atoms with Gasteiger partial charge < -0.3 is 24.6 Å². The third-order valence-corrected chi connectivity index (χ3v) is 8.45. The number of hydrogen-bond donors (Lipinski definition) is 3. The number of esters is 2. The summed E-state index contributed by atoms with van der Waals surface area (Å²) in [5.74, 6) is -1.06. The van der Waals surface area contributed by atoms with Gasteiger partial charge in [0.15, 0.2) is 6.10 Å². The van der Waals surface area contributed by atoms with Gasteiger partial charge in [0.05, 0.1) is 19.8 Å². The molecular weight excluding hydrogens is 719 g/mol. The molecule has 3 N–H and O–H groups in total. The van der Waals surface area contributed by atoms with Crippen LogP contribution in [0, 0.1) is 0 Å². The lowest BCUT2D eigenvalue weighted by Crippen LogP contribution is -2.29. The van der Waals surface area contributed by atoms with E-state index in [1.165, 1.54) is 0 Å². The number of carbonyl (C=O) groups is 2. The minimum atomic E-state index is -4.64. The van der Waals surface area contributed by atoms with Gasteiger partial charge in [-0.1, -0.05) is 142 Å². The van der Waals surface area contributed by atoms with Gasteiger partial charge in [0.25, 0.3) is 0 Å². The molecule has 0 aromatic rings. The molecule has 0 radical (unpaired) electrons. The van der Waals surface area contributed by atoms with Crippen molar-refractivity contribution in [2.45, 2.75) is 129 Å². The molecule has 0 heterocycles. The van der Waals surface area contributed by atoms with Crippen molar-refractivity contribution in [2.24, 2.45) is 0 Å². The van der Waals surface area contributed by atoms with Gasteiger partial charge in [-0.15, -0.1) is 0 Å². The molecule has 0 spiro atoms. The molecule has 0 amide bonds. The van der Waals surface area contributed by atoms with E-state index >= 15 is 0 Å². The predicted molar refractivity (Wildman–Crippen MR) is 223 cm³/mol. The average Bonchev–Trinajstić information content (AvgIpc) is 3.17. The van der Waals surface area contributed by atoms with Crippen LogP contribution >= 0.6 is 7.82 Å². The lowest BCUT2D eigenvalue weighted by atomic mass is 10.1. The molecule has 0 aliphatic carbocycles. The Morgan fingerprint density at radius 2 is 1.07 bits per heavy atom. The van der Waals surface area contributed by atoms with Gasteiger partial charge in [-0.25, -0.2) is 4.57 Å². The predicted octanol–water partition coefficient (Wildman–Crippen LogP) is 10.2. The number of allylic oxidation sites excluding steroid dienone is 18. The van der Waals surface area contributed by atoms with Gasteiger partial charge in [-0.05, 0) is 70.6 Å². The maximum absolute atomic E-state index is 12.6. The van der Waals surface area contributed by atoms with E-state index in [2.05, 4.69) is 91.3 Å². The Morgan fingerprint density at radius 3 is 1.65 bits per heavy atom. The van der Waals surface area contributed by atoms with Crippen molar-refractivity contribution < 1.29 is 47.8 Å². The number of phosphoric acid groups is 1. The van der Waals surface area contributed by atoms with Crippen LogP contribution < -0.4 is 0 Å². The van der Waals surface area contributed by atoms with Gasteiger partial charge in [-0.3, -0.25) is 18.6 Å². The molecule has 0 aliphatic heterocycles. The molecule has 310 valence electrons. The molecule has 11 heteroatoms. The summed E-state index contributed by atoms with van der Waals surface area (Å²) in [6.07, 6.45) is 47.9. The highest BCUT2D eigenvalue weighted by Crippen LogP contribution is 2.43. The molecule has 0 saturated heterocycles. The van der Waals surface area contributed by atoms with Crippen LogP contribution in [0.2, 0.25) is 0 Å². The molecule has 10 nitrogen and oxygen atoms in total. The van der Waals surface area contributed by atoms with Gasteiger partial charge in [0.2, 0.25) is 0 Å². The average molecular weight is 789 g/mol. The molecule has 0 fully saturated rings. The smallest absolute Gasteiger partial charge is 0.462 e.